The number of rotatable bonds is 5. The van der Waals surface area contributed by atoms with Crippen LogP contribution >= 0.6 is 35.0 Å². The highest BCUT2D eigenvalue weighted by molar-refractivity contribution is 7.98. The first-order valence-electron chi connectivity index (χ1n) is 6.63. The van der Waals surface area contributed by atoms with Crippen molar-refractivity contribution in [2.75, 3.05) is 18.7 Å². The van der Waals surface area contributed by atoms with Crippen molar-refractivity contribution >= 4 is 52.5 Å². The summed E-state index contributed by atoms with van der Waals surface area (Å²) in [5.41, 5.74) is 0.429. The lowest BCUT2D eigenvalue weighted by Crippen LogP contribution is -2.13. The number of hydrogen-bond donors (Lipinski definition) is 2. The van der Waals surface area contributed by atoms with Crippen molar-refractivity contribution in [2.45, 2.75) is 4.90 Å². The molecule has 0 saturated carbocycles. The van der Waals surface area contributed by atoms with E-state index in [-0.39, 0.29) is 22.0 Å². The van der Waals surface area contributed by atoms with Crippen LogP contribution in [0.15, 0.2) is 35.2 Å². The molecule has 2 N–H and O–H groups in total. The predicted molar refractivity (Wildman–Crippen MR) is 96.1 cm³/mol. The molecule has 2 rings (SSSR count). The second kappa shape index (κ2) is 7.79. The van der Waals surface area contributed by atoms with Gasteiger partial charge in [-0.3, -0.25) is 4.79 Å². The number of halogens is 2. The van der Waals surface area contributed by atoms with Crippen LogP contribution < -0.4 is 10.1 Å². The van der Waals surface area contributed by atoms with Crippen LogP contribution in [-0.2, 0) is 0 Å². The van der Waals surface area contributed by atoms with E-state index in [2.05, 4.69) is 5.32 Å². The van der Waals surface area contributed by atoms with E-state index in [0.29, 0.717) is 10.6 Å². The highest BCUT2D eigenvalue weighted by atomic mass is 35.5. The summed E-state index contributed by atoms with van der Waals surface area (Å²) >= 11 is 13.6. The van der Waals surface area contributed by atoms with Gasteiger partial charge in [-0.05, 0) is 30.5 Å². The second-order valence-electron chi connectivity index (χ2n) is 4.64. The first kappa shape index (κ1) is 18.4. The quantitative estimate of drug-likeness (QED) is 0.731. The van der Waals surface area contributed by atoms with E-state index < -0.39 is 11.9 Å². The van der Waals surface area contributed by atoms with E-state index in [9.17, 15) is 9.59 Å². The molecule has 0 bridgehead atoms. The van der Waals surface area contributed by atoms with Crippen molar-refractivity contribution in [1.29, 1.82) is 0 Å². The van der Waals surface area contributed by atoms with Gasteiger partial charge in [0.1, 0.15) is 11.3 Å². The number of carbonyl (C=O) groups excluding carboxylic acids is 1. The van der Waals surface area contributed by atoms with Gasteiger partial charge in [0.15, 0.2) is 0 Å². The first-order chi connectivity index (χ1) is 11.4. The normalized spacial score (nSPS) is 10.3. The van der Waals surface area contributed by atoms with Crippen LogP contribution in [0.4, 0.5) is 5.69 Å². The minimum Gasteiger partial charge on any atom is -0.496 e. The van der Waals surface area contributed by atoms with Gasteiger partial charge in [0, 0.05) is 11.0 Å². The van der Waals surface area contributed by atoms with Crippen molar-refractivity contribution in [3.63, 3.8) is 0 Å². The van der Waals surface area contributed by atoms with Gasteiger partial charge in [0.05, 0.1) is 28.4 Å². The number of carbonyl (C=O) groups is 2. The van der Waals surface area contributed by atoms with Crippen LogP contribution in [0.25, 0.3) is 0 Å². The Labute approximate surface area is 152 Å². The van der Waals surface area contributed by atoms with E-state index in [4.69, 9.17) is 33.0 Å². The molecule has 0 saturated heterocycles. The van der Waals surface area contributed by atoms with E-state index >= 15 is 0 Å². The van der Waals surface area contributed by atoms with Crippen LogP contribution in [0.3, 0.4) is 0 Å². The van der Waals surface area contributed by atoms with Crippen molar-refractivity contribution in [3.8, 4) is 5.75 Å². The average Bonchev–Trinajstić information content (AvgIpc) is 2.56. The Kier molecular flexibility index (Phi) is 5.99. The number of aromatic carboxylic acids is 1. The number of carboxylic acid groups (broad SMARTS) is 1. The molecule has 0 aliphatic heterocycles. The van der Waals surface area contributed by atoms with Gasteiger partial charge in [-0.2, -0.15) is 0 Å². The molecule has 0 atom stereocenters. The van der Waals surface area contributed by atoms with E-state index in [0.717, 1.165) is 4.90 Å². The minimum absolute atomic E-state index is 0.0821. The Morgan fingerprint density at radius 3 is 2.42 bits per heavy atom. The number of anilines is 1. The lowest BCUT2D eigenvalue weighted by molar-refractivity contribution is 0.0693. The van der Waals surface area contributed by atoms with Gasteiger partial charge in [0.2, 0.25) is 0 Å². The number of hydrogen-bond acceptors (Lipinski definition) is 4. The van der Waals surface area contributed by atoms with E-state index in [1.165, 1.54) is 31.0 Å². The van der Waals surface area contributed by atoms with Gasteiger partial charge in [-0.25, -0.2) is 4.79 Å². The maximum Gasteiger partial charge on any atom is 0.339 e. The molecule has 0 unspecified atom stereocenters. The Bertz CT molecular complexity index is 811. The molecule has 2 aromatic carbocycles. The fourth-order valence-corrected chi connectivity index (χ4v) is 2.83. The SMILES string of the molecule is COc1cc(NC(=O)c2cc(SC)ccc2Cl)c(Cl)cc1C(=O)O. The molecular weight excluding hydrogens is 373 g/mol. The number of carboxylic acids is 1. The van der Waals surface area contributed by atoms with Crippen molar-refractivity contribution in [1.82, 2.24) is 0 Å². The van der Waals surface area contributed by atoms with E-state index in [1.807, 2.05) is 6.26 Å². The van der Waals surface area contributed by atoms with Crippen LogP contribution in [-0.4, -0.2) is 30.3 Å². The Hall–Kier alpha value is -1.89. The number of ether oxygens (including phenoxy) is 1. The summed E-state index contributed by atoms with van der Waals surface area (Å²) < 4.78 is 5.03. The summed E-state index contributed by atoms with van der Waals surface area (Å²) in [5.74, 6) is -1.54. The molecule has 2 aromatic rings. The zero-order chi connectivity index (χ0) is 17.9. The van der Waals surface area contributed by atoms with Crippen LogP contribution in [0, 0.1) is 0 Å². The van der Waals surface area contributed by atoms with Crippen molar-refractivity contribution < 1.29 is 19.4 Å². The highest BCUT2D eigenvalue weighted by Gasteiger charge is 2.18. The molecule has 0 aromatic heterocycles. The average molecular weight is 386 g/mol. The fourth-order valence-electron chi connectivity index (χ4n) is 1.98. The second-order valence-corrected chi connectivity index (χ2v) is 6.33. The van der Waals surface area contributed by atoms with Gasteiger partial charge in [-0.15, -0.1) is 11.8 Å². The monoisotopic (exact) mass is 385 g/mol. The lowest BCUT2D eigenvalue weighted by atomic mass is 10.1. The van der Waals surface area contributed by atoms with Gasteiger partial charge in [0.25, 0.3) is 5.91 Å². The topological polar surface area (TPSA) is 75.6 Å². The molecule has 1 amide bonds. The molecule has 0 heterocycles. The molecule has 126 valence electrons. The van der Waals surface area contributed by atoms with E-state index in [1.54, 1.807) is 18.2 Å². The van der Waals surface area contributed by atoms with Crippen molar-refractivity contribution in [2.24, 2.45) is 0 Å². The van der Waals surface area contributed by atoms with Crippen LogP contribution in [0.2, 0.25) is 10.0 Å². The zero-order valence-electron chi connectivity index (χ0n) is 12.7. The number of nitrogens with one attached hydrogen (secondary N) is 1. The lowest BCUT2D eigenvalue weighted by Gasteiger charge is -2.12. The smallest absolute Gasteiger partial charge is 0.339 e. The van der Waals surface area contributed by atoms with Gasteiger partial charge >= 0.3 is 5.97 Å². The third kappa shape index (κ3) is 3.95. The molecule has 0 aliphatic carbocycles. The highest BCUT2D eigenvalue weighted by Crippen LogP contribution is 2.32. The number of amides is 1. The summed E-state index contributed by atoms with van der Waals surface area (Å²) in [5, 5.41) is 12.1. The standard InChI is InChI=1S/C16H13Cl2NO4S/c1-23-14-7-13(12(18)6-10(14)16(21)22)19-15(20)9-5-8(24-2)3-4-11(9)17/h3-7H,1-2H3,(H,19,20)(H,21,22). The van der Waals surface area contributed by atoms with Gasteiger partial charge in [-0.1, -0.05) is 23.2 Å². The fraction of sp³-hybridized carbons (Fsp3) is 0.125. The summed E-state index contributed by atoms with van der Waals surface area (Å²) in [6, 6.07) is 7.69. The Morgan fingerprint density at radius 2 is 1.83 bits per heavy atom. The molecule has 24 heavy (non-hydrogen) atoms. The summed E-state index contributed by atoms with van der Waals surface area (Å²) in [6.45, 7) is 0. The summed E-state index contributed by atoms with van der Waals surface area (Å²) in [4.78, 5) is 24.5. The summed E-state index contributed by atoms with van der Waals surface area (Å²) in [7, 11) is 1.33. The third-order valence-corrected chi connectivity index (χ3v) is 4.55. The van der Waals surface area contributed by atoms with Crippen molar-refractivity contribution in [3.05, 3.63) is 51.5 Å². The maximum atomic E-state index is 12.5. The Balaban J connectivity index is 2.37. The summed E-state index contributed by atoms with van der Waals surface area (Å²) in [6.07, 6.45) is 1.89. The third-order valence-electron chi connectivity index (χ3n) is 3.19. The van der Waals surface area contributed by atoms with Crippen LogP contribution in [0.5, 0.6) is 5.75 Å². The molecule has 0 spiro atoms. The van der Waals surface area contributed by atoms with Crippen LogP contribution in [0.1, 0.15) is 20.7 Å². The first-order valence-corrected chi connectivity index (χ1v) is 8.61. The molecule has 0 radical (unpaired) electrons. The number of methoxy groups -OCH3 is 1. The van der Waals surface area contributed by atoms with Gasteiger partial charge < -0.3 is 15.2 Å². The molecule has 0 fully saturated rings. The number of benzene rings is 2. The molecule has 5 nitrogen and oxygen atoms in total. The predicted octanol–water partition coefficient (Wildman–Crippen LogP) is 4.67. The Morgan fingerprint density at radius 1 is 1.12 bits per heavy atom. The zero-order valence-corrected chi connectivity index (χ0v) is 15.1. The number of thioether (sulfide) groups is 1. The molecule has 8 heteroatoms. The largest absolute Gasteiger partial charge is 0.496 e. The minimum atomic E-state index is -1.18. The molecule has 0 aliphatic rings. The maximum absolute atomic E-state index is 12.5. The molecular formula is C16H13Cl2NO4S.